The van der Waals surface area contributed by atoms with Crippen molar-refractivity contribution in [2.75, 3.05) is 13.2 Å². The Balaban J connectivity index is 2.36. The normalized spacial score (nSPS) is 10.2. The van der Waals surface area contributed by atoms with Gasteiger partial charge in [-0.25, -0.2) is 4.79 Å². The molecule has 0 atom stereocenters. The summed E-state index contributed by atoms with van der Waals surface area (Å²) in [4.78, 5) is 32.9. The van der Waals surface area contributed by atoms with E-state index in [1.54, 1.807) is 6.08 Å². The van der Waals surface area contributed by atoms with Crippen molar-refractivity contribution in [2.45, 2.75) is 6.92 Å². The molecule has 2 amide bonds. The molecule has 0 aliphatic heterocycles. The molecule has 1 aromatic carbocycles. The van der Waals surface area contributed by atoms with Crippen LogP contribution in [0.15, 0.2) is 30.3 Å². The molecule has 3 N–H and O–H groups in total. The number of hydrogen-bond acceptors (Lipinski definition) is 4. The van der Waals surface area contributed by atoms with Crippen LogP contribution in [0.1, 0.15) is 11.1 Å². The van der Waals surface area contributed by atoms with E-state index in [2.05, 4.69) is 5.32 Å². The molecular weight excluding hydrogens is 260 g/mol. The summed E-state index contributed by atoms with van der Waals surface area (Å²) in [7, 11) is 0. The molecule has 1 rings (SSSR count). The van der Waals surface area contributed by atoms with Crippen molar-refractivity contribution in [3.63, 3.8) is 0 Å². The first-order valence-corrected chi connectivity index (χ1v) is 5.94. The molecular formula is C14H16N2O4. The molecule has 0 aliphatic carbocycles. The van der Waals surface area contributed by atoms with Gasteiger partial charge in [0.25, 0.3) is 5.91 Å². The highest BCUT2D eigenvalue weighted by molar-refractivity contribution is 5.90. The second kappa shape index (κ2) is 7.73. The number of carbonyl (C=O) groups is 3. The summed E-state index contributed by atoms with van der Waals surface area (Å²) in [5.74, 6) is -1.88. The van der Waals surface area contributed by atoms with Crippen LogP contribution < -0.4 is 11.1 Å². The molecule has 0 aromatic heterocycles. The SMILES string of the molecule is Cc1cccc(/C=C/C(=O)OCC(=O)NCC(N)=O)c1. The Kier molecular flexibility index (Phi) is 5.96. The van der Waals surface area contributed by atoms with Crippen LogP contribution >= 0.6 is 0 Å². The Hall–Kier alpha value is -2.63. The highest BCUT2D eigenvalue weighted by atomic mass is 16.5. The molecule has 0 radical (unpaired) electrons. The molecule has 20 heavy (non-hydrogen) atoms. The van der Waals surface area contributed by atoms with Crippen LogP contribution in [-0.2, 0) is 19.1 Å². The lowest BCUT2D eigenvalue weighted by atomic mass is 10.1. The van der Waals surface area contributed by atoms with E-state index in [-0.39, 0.29) is 6.54 Å². The maximum atomic E-state index is 11.4. The minimum absolute atomic E-state index is 0.282. The lowest BCUT2D eigenvalue weighted by Crippen LogP contribution is -2.35. The van der Waals surface area contributed by atoms with Crippen molar-refractivity contribution < 1.29 is 19.1 Å². The van der Waals surface area contributed by atoms with Crippen molar-refractivity contribution in [2.24, 2.45) is 5.73 Å². The average Bonchev–Trinajstić information content (AvgIpc) is 2.40. The Morgan fingerprint density at radius 2 is 2.10 bits per heavy atom. The fourth-order valence-electron chi connectivity index (χ4n) is 1.36. The van der Waals surface area contributed by atoms with E-state index in [1.807, 2.05) is 31.2 Å². The quantitative estimate of drug-likeness (QED) is 0.571. The van der Waals surface area contributed by atoms with Crippen LogP contribution in [0.3, 0.4) is 0 Å². The van der Waals surface area contributed by atoms with E-state index in [0.717, 1.165) is 11.1 Å². The van der Waals surface area contributed by atoms with Gasteiger partial charge in [-0.1, -0.05) is 29.8 Å². The molecule has 0 heterocycles. The summed E-state index contributed by atoms with van der Waals surface area (Å²) in [5.41, 5.74) is 6.78. The molecule has 0 saturated heterocycles. The zero-order valence-electron chi connectivity index (χ0n) is 11.1. The molecule has 0 fully saturated rings. The van der Waals surface area contributed by atoms with E-state index in [1.165, 1.54) is 6.08 Å². The third-order valence-electron chi connectivity index (χ3n) is 2.26. The smallest absolute Gasteiger partial charge is 0.331 e. The lowest BCUT2D eigenvalue weighted by molar-refractivity contribution is -0.143. The molecule has 106 valence electrons. The number of carbonyl (C=O) groups excluding carboxylic acids is 3. The van der Waals surface area contributed by atoms with Crippen molar-refractivity contribution in [1.82, 2.24) is 5.32 Å². The monoisotopic (exact) mass is 276 g/mol. The van der Waals surface area contributed by atoms with Crippen LogP contribution in [-0.4, -0.2) is 30.9 Å². The summed E-state index contributed by atoms with van der Waals surface area (Å²) in [6.45, 7) is 1.21. The van der Waals surface area contributed by atoms with Gasteiger partial charge in [-0.15, -0.1) is 0 Å². The predicted octanol–water partition coefficient (Wildman–Crippen LogP) is 0.153. The number of aryl methyl sites for hydroxylation is 1. The average molecular weight is 276 g/mol. The van der Waals surface area contributed by atoms with Crippen molar-refractivity contribution >= 4 is 23.9 Å². The van der Waals surface area contributed by atoms with Gasteiger partial charge in [-0.2, -0.15) is 0 Å². The van der Waals surface area contributed by atoms with Gasteiger partial charge < -0.3 is 15.8 Å². The maximum Gasteiger partial charge on any atom is 0.331 e. The zero-order chi connectivity index (χ0) is 15.0. The summed E-state index contributed by atoms with van der Waals surface area (Å²) in [6, 6.07) is 7.57. The number of primary amides is 1. The number of amides is 2. The van der Waals surface area contributed by atoms with Gasteiger partial charge in [-0.3, -0.25) is 9.59 Å². The van der Waals surface area contributed by atoms with Gasteiger partial charge in [0.15, 0.2) is 6.61 Å². The second-order valence-corrected chi connectivity index (χ2v) is 4.10. The summed E-state index contributed by atoms with van der Waals surface area (Å²) in [6.07, 6.45) is 2.83. The lowest BCUT2D eigenvalue weighted by Gasteiger charge is -2.02. The molecule has 0 bridgehead atoms. The Labute approximate surface area is 116 Å². The fourth-order valence-corrected chi connectivity index (χ4v) is 1.36. The van der Waals surface area contributed by atoms with Crippen molar-refractivity contribution in [3.05, 3.63) is 41.5 Å². The van der Waals surface area contributed by atoms with Gasteiger partial charge in [0.1, 0.15) is 0 Å². The van der Waals surface area contributed by atoms with Crippen molar-refractivity contribution in [3.8, 4) is 0 Å². The van der Waals surface area contributed by atoms with Crippen LogP contribution in [0.25, 0.3) is 6.08 Å². The minimum Gasteiger partial charge on any atom is -0.452 e. The first-order valence-electron chi connectivity index (χ1n) is 5.94. The summed E-state index contributed by atoms with van der Waals surface area (Å²) >= 11 is 0. The highest BCUT2D eigenvalue weighted by Crippen LogP contribution is 2.05. The maximum absolute atomic E-state index is 11.4. The number of nitrogens with one attached hydrogen (secondary N) is 1. The summed E-state index contributed by atoms with van der Waals surface area (Å²) < 4.78 is 4.70. The van der Waals surface area contributed by atoms with Crippen LogP contribution in [0.4, 0.5) is 0 Å². The fraction of sp³-hybridized carbons (Fsp3) is 0.214. The third-order valence-corrected chi connectivity index (χ3v) is 2.26. The first kappa shape index (κ1) is 15.4. The van der Waals surface area contributed by atoms with Gasteiger partial charge in [0.05, 0.1) is 6.54 Å². The molecule has 1 aromatic rings. The molecule has 6 nitrogen and oxygen atoms in total. The Morgan fingerprint density at radius 1 is 1.35 bits per heavy atom. The minimum atomic E-state index is -0.663. The zero-order valence-corrected chi connectivity index (χ0v) is 11.1. The topological polar surface area (TPSA) is 98.5 Å². The van der Waals surface area contributed by atoms with E-state index < -0.39 is 24.4 Å². The van der Waals surface area contributed by atoms with Crippen LogP contribution in [0.5, 0.6) is 0 Å². The number of ether oxygens (including phenoxy) is 1. The van der Waals surface area contributed by atoms with E-state index in [0.29, 0.717) is 0 Å². The number of hydrogen-bond donors (Lipinski definition) is 2. The summed E-state index contributed by atoms with van der Waals surface area (Å²) in [5, 5.41) is 2.20. The van der Waals surface area contributed by atoms with Crippen LogP contribution in [0, 0.1) is 6.92 Å². The van der Waals surface area contributed by atoms with Gasteiger partial charge in [-0.05, 0) is 18.6 Å². The largest absolute Gasteiger partial charge is 0.452 e. The van der Waals surface area contributed by atoms with E-state index in [4.69, 9.17) is 10.5 Å². The van der Waals surface area contributed by atoms with Crippen molar-refractivity contribution in [1.29, 1.82) is 0 Å². The molecule has 0 spiro atoms. The molecule has 6 heteroatoms. The third kappa shape index (κ3) is 6.34. The predicted molar refractivity (Wildman–Crippen MR) is 73.4 cm³/mol. The number of nitrogens with two attached hydrogens (primary N) is 1. The Bertz CT molecular complexity index is 538. The van der Waals surface area contributed by atoms with Gasteiger partial charge in [0.2, 0.25) is 5.91 Å². The Morgan fingerprint density at radius 3 is 2.75 bits per heavy atom. The van der Waals surface area contributed by atoms with Crippen LogP contribution in [0.2, 0.25) is 0 Å². The number of esters is 1. The van der Waals surface area contributed by atoms with Gasteiger partial charge >= 0.3 is 5.97 Å². The van der Waals surface area contributed by atoms with E-state index in [9.17, 15) is 14.4 Å². The number of rotatable bonds is 6. The standard InChI is InChI=1S/C14H16N2O4/c1-10-3-2-4-11(7-10)5-6-14(19)20-9-13(18)16-8-12(15)17/h2-7H,8-9H2,1H3,(H2,15,17)(H,16,18)/b6-5+. The van der Waals surface area contributed by atoms with E-state index >= 15 is 0 Å². The molecule has 0 unspecified atom stereocenters. The van der Waals surface area contributed by atoms with Gasteiger partial charge in [0, 0.05) is 6.08 Å². The molecule has 0 aliphatic rings. The second-order valence-electron chi connectivity index (χ2n) is 4.10. The highest BCUT2D eigenvalue weighted by Gasteiger charge is 2.05. The molecule has 0 saturated carbocycles. The first-order chi connectivity index (χ1) is 9.47. The number of benzene rings is 1.